The molecular formula is C18H18N4O2. The number of aromatic nitrogens is 1. The molecule has 122 valence electrons. The van der Waals surface area contributed by atoms with Crippen LogP contribution in [0.3, 0.4) is 0 Å². The number of fused-ring (bicyclic) bond motifs is 1. The first-order valence-corrected chi connectivity index (χ1v) is 8.21. The van der Waals surface area contributed by atoms with Crippen molar-refractivity contribution in [1.29, 1.82) is 5.26 Å². The van der Waals surface area contributed by atoms with Crippen molar-refractivity contribution in [2.75, 3.05) is 18.0 Å². The Morgan fingerprint density at radius 2 is 2.25 bits per heavy atom. The summed E-state index contributed by atoms with van der Waals surface area (Å²) in [6, 6.07) is 5.67. The van der Waals surface area contributed by atoms with Gasteiger partial charge in [0, 0.05) is 24.3 Å². The van der Waals surface area contributed by atoms with Gasteiger partial charge in [-0.3, -0.25) is 9.69 Å². The van der Waals surface area contributed by atoms with Crippen molar-refractivity contribution in [3.63, 3.8) is 0 Å². The summed E-state index contributed by atoms with van der Waals surface area (Å²) in [5, 5.41) is 13.2. The van der Waals surface area contributed by atoms with Crippen LogP contribution in [0.4, 0.5) is 5.69 Å². The number of carbonyl (C=O) groups is 1. The fourth-order valence-electron chi connectivity index (χ4n) is 3.79. The van der Waals surface area contributed by atoms with Gasteiger partial charge in [0.05, 0.1) is 5.69 Å². The number of nitrogens with zero attached hydrogens (tertiary/aromatic N) is 4. The average molecular weight is 322 g/mol. The molecule has 0 spiro atoms. The Balaban J connectivity index is 1.69. The van der Waals surface area contributed by atoms with Gasteiger partial charge in [-0.15, -0.1) is 0 Å². The van der Waals surface area contributed by atoms with E-state index in [4.69, 9.17) is 4.52 Å². The van der Waals surface area contributed by atoms with E-state index in [0.717, 1.165) is 47.3 Å². The molecule has 1 unspecified atom stereocenters. The Labute approximate surface area is 140 Å². The number of anilines is 1. The first kappa shape index (κ1) is 14.8. The minimum atomic E-state index is -0.318. The highest BCUT2D eigenvalue weighted by molar-refractivity contribution is 6.00. The van der Waals surface area contributed by atoms with E-state index in [9.17, 15) is 10.1 Å². The van der Waals surface area contributed by atoms with Gasteiger partial charge in [0.2, 0.25) is 5.91 Å². The number of rotatable bonds is 2. The summed E-state index contributed by atoms with van der Waals surface area (Å²) in [7, 11) is 0. The summed E-state index contributed by atoms with van der Waals surface area (Å²) in [6.45, 7) is 3.25. The second kappa shape index (κ2) is 5.68. The molecule has 0 bridgehead atoms. The van der Waals surface area contributed by atoms with Crippen LogP contribution in [0, 0.1) is 18.4 Å². The molecule has 6 heteroatoms. The highest BCUT2D eigenvalue weighted by Gasteiger charge is 2.36. The van der Waals surface area contributed by atoms with Crippen molar-refractivity contribution >= 4 is 11.6 Å². The van der Waals surface area contributed by atoms with Gasteiger partial charge >= 0.3 is 0 Å². The molecule has 1 fully saturated rings. The molecule has 1 amide bonds. The van der Waals surface area contributed by atoms with Crippen molar-refractivity contribution in [2.24, 2.45) is 0 Å². The van der Waals surface area contributed by atoms with E-state index in [2.05, 4.69) is 11.3 Å². The monoisotopic (exact) mass is 322 g/mol. The van der Waals surface area contributed by atoms with E-state index in [-0.39, 0.29) is 11.9 Å². The molecule has 0 saturated carbocycles. The number of aryl methyl sites for hydroxylation is 1. The summed E-state index contributed by atoms with van der Waals surface area (Å²) in [5.41, 5.74) is 4.99. The van der Waals surface area contributed by atoms with Gasteiger partial charge in [0.25, 0.3) is 0 Å². The predicted molar refractivity (Wildman–Crippen MR) is 88.1 cm³/mol. The molecule has 1 aromatic heterocycles. The zero-order chi connectivity index (χ0) is 16.7. The van der Waals surface area contributed by atoms with Gasteiger partial charge in [-0.05, 0) is 43.4 Å². The zero-order valence-corrected chi connectivity index (χ0v) is 13.5. The lowest BCUT2D eigenvalue weighted by atomic mass is 9.98. The first-order valence-electron chi connectivity index (χ1n) is 8.21. The van der Waals surface area contributed by atoms with Crippen molar-refractivity contribution in [3.05, 3.63) is 35.7 Å². The molecule has 1 aromatic carbocycles. The van der Waals surface area contributed by atoms with Crippen LogP contribution in [0.1, 0.15) is 24.1 Å². The van der Waals surface area contributed by atoms with Crippen LogP contribution in [0.2, 0.25) is 0 Å². The van der Waals surface area contributed by atoms with Crippen LogP contribution in [0.15, 0.2) is 29.0 Å². The predicted octanol–water partition coefficient (Wildman–Crippen LogP) is 2.48. The largest absolute Gasteiger partial charge is 0.364 e. The van der Waals surface area contributed by atoms with Gasteiger partial charge in [-0.25, -0.2) is 0 Å². The molecule has 1 saturated heterocycles. The normalized spacial score (nSPS) is 19.4. The molecule has 2 aromatic rings. The van der Waals surface area contributed by atoms with Crippen molar-refractivity contribution in [1.82, 2.24) is 10.1 Å². The third-order valence-corrected chi connectivity index (χ3v) is 5.00. The molecule has 24 heavy (non-hydrogen) atoms. The maximum Gasteiger partial charge on any atom is 0.250 e. The Kier molecular flexibility index (Phi) is 3.49. The quantitative estimate of drug-likeness (QED) is 0.794. The number of hydrogen-bond donors (Lipinski definition) is 0. The van der Waals surface area contributed by atoms with Gasteiger partial charge in [0.15, 0.2) is 6.19 Å². The van der Waals surface area contributed by atoms with Crippen LogP contribution < -0.4 is 4.90 Å². The molecule has 2 aliphatic heterocycles. The lowest BCUT2D eigenvalue weighted by Gasteiger charge is -2.24. The van der Waals surface area contributed by atoms with E-state index >= 15 is 0 Å². The van der Waals surface area contributed by atoms with Crippen LogP contribution in [0.5, 0.6) is 0 Å². The number of likely N-dealkylation sites (tertiary alicyclic amines) is 1. The van der Waals surface area contributed by atoms with E-state index in [1.807, 2.05) is 30.0 Å². The Morgan fingerprint density at radius 1 is 1.38 bits per heavy atom. The lowest BCUT2D eigenvalue weighted by Crippen LogP contribution is -2.43. The lowest BCUT2D eigenvalue weighted by molar-refractivity contribution is -0.121. The molecule has 6 nitrogen and oxygen atoms in total. The van der Waals surface area contributed by atoms with E-state index in [1.165, 1.54) is 0 Å². The molecule has 1 atom stereocenters. The summed E-state index contributed by atoms with van der Waals surface area (Å²) in [5.74, 6) is 0.0343. The highest BCUT2D eigenvalue weighted by atomic mass is 16.5. The highest BCUT2D eigenvalue weighted by Crippen LogP contribution is 2.38. The number of amides is 1. The zero-order valence-electron chi connectivity index (χ0n) is 13.5. The van der Waals surface area contributed by atoms with E-state index < -0.39 is 0 Å². The number of benzene rings is 1. The summed E-state index contributed by atoms with van der Waals surface area (Å²) in [4.78, 5) is 16.4. The van der Waals surface area contributed by atoms with Gasteiger partial charge in [0.1, 0.15) is 12.3 Å². The fraction of sp³-hybridized carbons (Fsp3) is 0.389. The maximum atomic E-state index is 12.9. The molecule has 0 radical (unpaired) electrons. The fourth-order valence-corrected chi connectivity index (χ4v) is 3.79. The minimum Gasteiger partial charge on any atom is -0.364 e. The van der Waals surface area contributed by atoms with Gasteiger partial charge in [-0.2, -0.15) is 5.26 Å². The van der Waals surface area contributed by atoms with Crippen molar-refractivity contribution in [3.8, 4) is 17.3 Å². The Morgan fingerprint density at radius 3 is 3.00 bits per heavy atom. The van der Waals surface area contributed by atoms with Crippen LogP contribution >= 0.6 is 0 Å². The first-order chi connectivity index (χ1) is 11.7. The van der Waals surface area contributed by atoms with E-state index in [0.29, 0.717) is 13.1 Å². The smallest absolute Gasteiger partial charge is 0.250 e. The van der Waals surface area contributed by atoms with Crippen LogP contribution in [-0.4, -0.2) is 35.1 Å². The third-order valence-electron chi connectivity index (χ3n) is 5.00. The van der Waals surface area contributed by atoms with Crippen molar-refractivity contribution < 1.29 is 9.32 Å². The molecule has 0 aliphatic carbocycles. The molecule has 0 N–H and O–H groups in total. The third kappa shape index (κ3) is 2.16. The maximum absolute atomic E-state index is 12.9. The second-order valence-corrected chi connectivity index (χ2v) is 6.31. The average Bonchev–Trinajstić information content (AvgIpc) is 3.32. The standard InChI is InChI=1S/C18H18N4O2/c1-12-15(10-24-20-12)13-4-2-5-16-14(13)7-9-22(16)18(23)17-6-3-8-21(17)11-19/h2,4-5,10,17H,3,6-9H2,1H3. The Bertz CT molecular complexity index is 836. The second-order valence-electron chi connectivity index (χ2n) is 6.31. The van der Waals surface area contributed by atoms with Crippen LogP contribution in [0.25, 0.3) is 11.1 Å². The topological polar surface area (TPSA) is 73.4 Å². The van der Waals surface area contributed by atoms with E-state index in [1.54, 1.807) is 11.2 Å². The SMILES string of the molecule is Cc1nocc1-c1cccc2c1CCN2C(=O)C1CCCN1C#N. The molecular weight excluding hydrogens is 304 g/mol. The summed E-state index contributed by atoms with van der Waals surface area (Å²) < 4.78 is 5.07. The molecule has 2 aliphatic rings. The Hall–Kier alpha value is -2.81. The number of hydrogen-bond acceptors (Lipinski definition) is 5. The molecule has 3 heterocycles. The van der Waals surface area contributed by atoms with Crippen LogP contribution in [-0.2, 0) is 11.2 Å². The summed E-state index contributed by atoms with van der Waals surface area (Å²) >= 11 is 0. The minimum absolute atomic E-state index is 0.0343. The number of carbonyl (C=O) groups excluding carboxylic acids is 1. The number of nitriles is 1. The summed E-state index contributed by atoms with van der Waals surface area (Å²) in [6.07, 6.45) is 6.26. The van der Waals surface area contributed by atoms with Gasteiger partial charge in [-0.1, -0.05) is 17.3 Å². The van der Waals surface area contributed by atoms with Gasteiger partial charge < -0.3 is 9.42 Å². The van der Waals surface area contributed by atoms with Crippen molar-refractivity contribution in [2.45, 2.75) is 32.2 Å². The molecule has 4 rings (SSSR count).